The van der Waals surface area contributed by atoms with Gasteiger partial charge in [-0.15, -0.1) is 0 Å². The molecule has 1 aromatic heterocycles. The highest BCUT2D eigenvalue weighted by Gasteiger charge is 2.16. The lowest BCUT2D eigenvalue weighted by Gasteiger charge is -2.10. The topological polar surface area (TPSA) is 91.1 Å². The maximum atomic E-state index is 13.4. The lowest BCUT2D eigenvalue weighted by Crippen LogP contribution is -2.14. The lowest BCUT2D eigenvalue weighted by molar-refractivity contribution is 0.102. The minimum atomic E-state index is -3.87. The minimum Gasteiger partial charge on any atom is -0.361 e. The molecule has 0 bridgehead atoms. The molecule has 0 aliphatic rings. The molecule has 152 valence electrons. The SMILES string of the molecule is Cc1cc(S(=O)(=O)Nc2ccc(C(=O)Nc3cccc4[nH]ccc34)cc2)ccc1F. The number of hydrogen-bond donors (Lipinski definition) is 3. The van der Waals surface area contributed by atoms with Crippen molar-refractivity contribution in [3.8, 4) is 0 Å². The summed E-state index contributed by atoms with van der Waals surface area (Å²) in [5.74, 6) is -0.785. The van der Waals surface area contributed by atoms with Gasteiger partial charge in [0, 0.05) is 28.4 Å². The third-order valence-corrected chi connectivity index (χ3v) is 6.06. The number of nitrogens with one attached hydrogen (secondary N) is 3. The first-order valence-corrected chi connectivity index (χ1v) is 10.6. The Morgan fingerprint density at radius 2 is 1.77 bits per heavy atom. The number of amides is 1. The summed E-state index contributed by atoms with van der Waals surface area (Å²) in [5, 5.41) is 3.75. The number of rotatable bonds is 5. The monoisotopic (exact) mass is 423 g/mol. The summed E-state index contributed by atoms with van der Waals surface area (Å²) in [7, 11) is -3.87. The fraction of sp³-hybridized carbons (Fsp3) is 0.0455. The van der Waals surface area contributed by atoms with Gasteiger partial charge in [-0.05, 0) is 73.2 Å². The number of benzene rings is 3. The Balaban J connectivity index is 1.50. The summed E-state index contributed by atoms with van der Waals surface area (Å²) in [5.41, 5.74) is 2.50. The Morgan fingerprint density at radius 1 is 1.00 bits per heavy atom. The highest BCUT2D eigenvalue weighted by Crippen LogP contribution is 2.23. The molecule has 3 aromatic carbocycles. The molecule has 8 heteroatoms. The van der Waals surface area contributed by atoms with Gasteiger partial charge in [0.15, 0.2) is 0 Å². The first-order valence-electron chi connectivity index (χ1n) is 9.10. The molecule has 0 aliphatic heterocycles. The molecule has 0 radical (unpaired) electrons. The van der Waals surface area contributed by atoms with Gasteiger partial charge in [0.1, 0.15) is 5.82 Å². The minimum absolute atomic E-state index is 0.0391. The average Bonchev–Trinajstić information content (AvgIpc) is 3.20. The summed E-state index contributed by atoms with van der Waals surface area (Å²) in [6, 6.07) is 17.1. The Hall–Kier alpha value is -3.65. The number of aryl methyl sites for hydroxylation is 1. The van der Waals surface area contributed by atoms with Crippen LogP contribution in [0.3, 0.4) is 0 Å². The molecule has 4 rings (SSSR count). The van der Waals surface area contributed by atoms with E-state index in [1.165, 1.54) is 43.3 Å². The Bertz CT molecular complexity index is 1350. The zero-order valence-electron chi connectivity index (χ0n) is 15.9. The number of carbonyl (C=O) groups is 1. The Labute approximate surface area is 172 Å². The number of hydrogen-bond acceptors (Lipinski definition) is 3. The Kier molecular flexibility index (Phi) is 5.01. The molecular formula is C22H18FN3O3S. The van der Waals surface area contributed by atoms with Crippen molar-refractivity contribution in [1.29, 1.82) is 0 Å². The second kappa shape index (κ2) is 7.64. The van der Waals surface area contributed by atoms with Crippen LogP contribution < -0.4 is 10.0 Å². The zero-order chi connectivity index (χ0) is 21.3. The number of halogens is 1. The maximum absolute atomic E-state index is 13.4. The van der Waals surface area contributed by atoms with Crippen LogP contribution in [0.1, 0.15) is 15.9 Å². The molecule has 0 aliphatic carbocycles. The van der Waals surface area contributed by atoms with Crippen LogP contribution in [0, 0.1) is 12.7 Å². The van der Waals surface area contributed by atoms with Crippen LogP contribution >= 0.6 is 0 Å². The molecule has 0 fully saturated rings. The molecule has 30 heavy (non-hydrogen) atoms. The summed E-state index contributed by atoms with van der Waals surface area (Å²) in [4.78, 5) is 15.6. The van der Waals surface area contributed by atoms with E-state index in [4.69, 9.17) is 0 Å². The lowest BCUT2D eigenvalue weighted by atomic mass is 10.1. The van der Waals surface area contributed by atoms with E-state index >= 15 is 0 Å². The van der Waals surface area contributed by atoms with Crippen molar-refractivity contribution in [3.05, 3.63) is 89.9 Å². The Morgan fingerprint density at radius 3 is 2.50 bits per heavy atom. The van der Waals surface area contributed by atoms with E-state index in [-0.39, 0.29) is 16.4 Å². The van der Waals surface area contributed by atoms with Crippen LogP contribution in [0.4, 0.5) is 15.8 Å². The predicted molar refractivity (Wildman–Crippen MR) is 115 cm³/mol. The highest BCUT2D eigenvalue weighted by molar-refractivity contribution is 7.92. The van der Waals surface area contributed by atoms with Gasteiger partial charge in [0.2, 0.25) is 0 Å². The molecule has 3 N–H and O–H groups in total. The van der Waals surface area contributed by atoms with E-state index in [0.717, 1.165) is 17.0 Å². The van der Waals surface area contributed by atoms with Gasteiger partial charge in [0.25, 0.3) is 15.9 Å². The van der Waals surface area contributed by atoms with Crippen LogP contribution in [-0.2, 0) is 10.0 Å². The molecule has 1 amide bonds. The van der Waals surface area contributed by atoms with E-state index in [0.29, 0.717) is 16.9 Å². The third kappa shape index (κ3) is 3.90. The third-order valence-electron chi connectivity index (χ3n) is 4.68. The van der Waals surface area contributed by atoms with Gasteiger partial charge in [-0.1, -0.05) is 6.07 Å². The number of aromatic nitrogens is 1. The summed E-state index contributed by atoms with van der Waals surface area (Å²) < 4.78 is 40.9. The van der Waals surface area contributed by atoms with Crippen LogP contribution in [0.2, 0.25) is 0 Å². The molecule has 1 heterocycles. The van der Waals surface area contributed by atoms with Gasteiger partial charge in [-0.3, -0.25) is 9.52 Å². The fourth-order valence-electron chi connectivity index (χ4n) is 3.08. The molecule has 0 unspecified atom stereocenters. The normalized spacial score (nSPS) is 11.4. The van der Waals surface area contributed by atoms with Gasteiger partial charge in [0.05, 0.1) is 10.6 Å². The number of H-pyrrole nitrogens is 1. The van der Waals surface area contributed by atoms with E-state index in [1.54, 1.807) is 12.3 Å². The summed E-state index contributed by atoms with van der Waals surface area (Å²) in [6.45, 7) is 1.50. The highest BCUT2D eigenvalue weighted by atomic mass is 32.2. The number of carbonyl (C=O) groups excluding carboxylic acids is 1. The van der Waals surface area contributed by atoms with Crippen molar-refractivity contribution in [2.24, 2.45) is 0 Å². The van der Waals surface area contributed by atoms with Gasteiger partial charge in [-0.25, -0.2) is 12.8 Å². The second-order valence-corrected chi connectivity index (χ2v) is 8.47. The number of sulfonamides is 1. The largest absolute Gasteiger partial charge is 0.361 e. The maximum Gasteiger partial charge on any atom is 0.261 e. The van der Waals surface area contributed by atoms with Gasteiger partial charge >= 0.3 is 0 Å². The van der Waals surface area contributed by atoms with E-state index in [9.17, 15) is 17.6 Å². The van der Waals surface area contributed by atoms with E-state index in [2.05, 4.69) is 15.0 Å². The van der Waals surface area contributed by atoms with Crippen LogP contribution in [0.25, 0.3) is 10.9 Å². The van der Waals surface area contributed by atoms with Crippen LogP contribution in [-0.4, -0.2) is 19.3 Å². The quantitative estimate of drug-likeness (QED) is 0.436. The van der Waals surface area contributed by atoms with Crippen molar-refractivity contribution in [2.75, 3.05) is 10.0 Å². The summed E-state index contributed by atoms with van der Waals surface area (Å²) in [6.07, 6.45) is 1.80. The van der Waals surface area contributed by atoms with Gasteiger partial charge < -0.3 is 10.3 Å². The molecule has 0 atom stereocenters. The second-order valence-electron chi connectivity index (χ2n) is 6.79. The van der Waals surface area contributed by atoms with E-state index in [1.807, 2.05) is 18.2 Å². The number of fused-ring (bicyclic) bond motifs is 1. The van der Waals surface area contributed by atoms with Crippen LogP contribution in [0.5, 0.6) is 0 Å². The van der Waals surface area contributed by atoms with Gasteiger partial charge in [-0.2, -0.15) is 0 Å². The fourth-order valence-corrected chi connectivity index (χ4v) is 4.22. The number of aromatic amines is 1. The van der Waals surface area contributed by atoms with Crippen molar-refractivity contribution < 1.29 is 17.6 Å². The first kappa shape index (κ1) is 19.7. The molecule has 6 nitrogen and oxygen atoms in total. The van der Waals surface area contributed by atoms with Crippen molar-refractivity contribution >= 4 is 38.2 Å². The molecule has 4 aromatic rings. The molecule has 0 saturated heterocycles. The predicted octanol–water partition coefficient (Wildman–Crippen LogP) is 4.67. The molecular weight excluding hydrogens is 405 g/mol. The van der Waals surface area contributed by atoms with E-state index < -0.39 is 15.8 Å². The van der Waals surface area contributed by atoms with Crippen molar-refractivity contribution in [2.45, 2.75) is 11.8 Å². The molecule has 0 saturated carbocycles. The standard InChI is InChI=1S/C22H18FN3O3S/c1-14-13-17(9-10-19(14)23)30(28,29)26-16-7-5-15(6-8-16)22(27)25-21-4-2-3-20-18(21)11-12-24-20/h2-13,24,26H,1H3,(H,25,27). The average molecular weight is 423 g/mol. The first-order chi connectivity index (χ1) is 14.3. The summed E-state index contributed by atoms with van der Waals surface area (Å²) >= 11 is 0. The molecule has 0 spiro atoms. The number of anilines is 2. The smallest absolute Gasteiger partial charge is 0.261 e. The van der Waals surface area contributed by atoms with Crippen molar-refractivity contribution in [1.82, 2.24) is 4.98 Å². The van der Waals surface area contributed by atoms with Crippen LogP contribution in [0.15, 0.2) is 77.8 Å². The zero-order valence-corrected chi connectivity index (χ0v) is 16.8. The van der Waals surface area contributed by atoms with Crippen molar-refractivity contribution in [3.63, 3.8) is 0 Å².